The second-order valence-electron chi connectivity index (χ2n) is 4.36. The van der Waals surface area contributed by atoms with E-state index >= 15 is 0 Å². The van der Waals surface area contributed by atoms with Gasteiger partial charge in [0, 0.05) is 13.0 Å². The standard InChI is InChI=1S/C9H11F2NO3/c1-4(13)12-5-2-8(3-5)6(7(14)15)9(8,10)11/h5-6H,2-3H2,1H3,(H,12,13)(H,14,15). The summed E-state index contributed by atoms with van der Waals surface area (Å²) >= 11 is 0. The lowest BCUT2D eigenvalue weighted by Crippen LogP contribution is -2.47. The van der Waals surface area contributed by atoms with Crippen LogP contribution >= 0.6 is 0 Å². The van der Waals surface area contributed by atoms with E-state index in [0.717, 1.165) is 0 Å². The predicted molar refractivity (Wildman–Crippen MR) is 45.3 cm³/mol. The Morgan fingerprint density at radius 1 is 1.40 bits per heavy atom. The van der Waals surface area contributed by atoms with Crippen molar-refractivity contribution in [1.82, 2.24) is 5.32 Å². The van der Waals surface area contributed by atoms with Crippen LogP contribution in [-0.2, 0) is 9.59 Å². The van der Waals surface area contributed by atoms with E-state index in [9.17, 15) is 18.4 Å². The van der Waals surface area contributed by atoms with Gasteiger partial charge in [0.2, 0.25) is 5.91 Å². The van der Waals surface area contributed by atoms with Crippen molar-refractivity contribution in [3.63, 3.8) is 0 Å². The van der Waals surface area contributed by atoms with E-state index < -0.39 is 23.2 Å². The first-order valence-electron chi connectivity index (χ1n) is 4.69. The van der Waals surface area contributed by atoms with Crippen molar-refractivity contribution >= 4 is 11.9 Å². The van der Waals surface area contributed by atoms with E-state index in [-0.39, 0.29) is 24.8 Å². The Morgan fingerprint density at radius 2 is 1.93 bits per heavy atom. The van der Waals surface area contributed by atoms with Crippen molar-refractivity contribution in [3.05, 3.63) is 0 Å². The first kappa shape index (κ1) is 10.3. The third-order valence-corrected chi connectivity index (χ3v) is 3.37. The van der Waals surface area contributed by atoms with Crippen molar-refractivity contribution < 1.29 is 23.5 Å². The minimum Gasteiger partial charge on any atom is -0.481 e. The SMILES string of the molecule is CC(=O)NC1CC2(C1)C(C(=O)O)C2(F)F. The highest BCUT2D eigenvalue weighted by atomic mass is 19.3. The van der Waals surface area contributed by atoms with Crippen LogP contribution in [0.2, 0.25) is 0 Å². The first-order valence-corrected chi connectivity index (χ1v) is 4.69. The highest BCUT2D eigenvalue weighted by Crippen LogP contribution is 2.75. The molecule has 1 unspecified atom stereocenters. The van der Waals surface area contributed by atoms with Crippen LogP contribution in [-0.4, -0.2) is 28.9 Å². The lowest BCUT2D eigenvalue weighted by Gasteiger charge is -2.36. The maximum Gasteiger partial charge on any atom is 0.313 e. The van der Waals surface area contributed by atoms with Gasteiger partial charge in [-0.3, -0.25) is 9.59 Å². The highest BCUT2D eigenvalue weighted by molar-refractivity contribution is 5.79. The Labute approximate surface area is 84.6 Å². The average Bonchev–Trinajstić information content (AvgIpc) is 2.45. The molecule has 0 aromatic heterocycles. The quantitative estimate of drug-likeness (QED) is 0.715. The molecule has 0 aromatic carbocycles. The molecule has 4 nitrogen and oxygen atoms in total. The number of carboxylic acid groups (broad SMARTS) is 1. The van der Waals surface area contributed by atoms with Crippen LogP contribution in [0.5, 0.6) is 0 Å². The van der Waals surface area contributed by atoms with Gasteiger partial charge in [-0.1, -0.05) is 0 Å². The fourth-order valence-electron chi connectivity index (χ4n) is 2.62. The molecular weight excluding hydrogens is 208 g/mol. The second-order valence-corrected chi connectivity index (χ2v) is 4.36. The largest absolute Gasteiger partial charge is 0.481 e. The Balaban J connectivity index is 1.98. The molecule has 84 valence electrons. The molecule has 1 spiro atoms. The molecule has 0 saturated heterocycles. The maximum atomic E-state index is 13.2. The van der Waals surface area contributed by atoms with E-state index in [1.54, 1.807) is 0 Å². The average molecular weight is 219 g/mol. The number of amides is 1. The van der Waals surface area contributed by atoms with Crippen molar-refractivity contribution in [1.29, 1.82) is 0 Å². The van der Waals surface area contributed by atoms with Gasteiger partial charge in [0.15, 0.2) is 0 Å². The number of halogens is 2. The van der Waals surface area contributed by atoms with Gasteiger partial charge in [0.1, 0.15) is 5.92 Å². The van der Waals surface area contributed by atoms with Gasteiger partial charge in [0.25, 0.3) is 5.92 Å². The van der Waals surface area contributed by atoms with E-state index in [0.29, 0.717) is 0 Å². The topological polar surface area (TPSA) is 66.4 Å². The van der Waals surface area contributed by atoms with Crippen molar-refractivity contribution in [2.75, 3.05) is 0 Å². The molecule has 6 heteroatoms. The minimum atomic E-state index is -3.10. The van der Waals surface area contributed by atoms with Crippen LogP contribution in [0.1, 0.15) is 19.8 Å². The third kappa shape index (κ3) is 1.16. The molecule has 0 bridgehead atoms. The van der Waals surface area contributed by atoms with Gasteiger partial charge in [-0.2, -0.15) is 0 Å². The zero-order chi connectivity index (χ0) is 11.4. The summed E-state index contributed by atoms with van der Waals surface area (Å²) in [5.41, 5.74) is -1.38. The first-order chi connectivity index (χ1) is 6.81. The van der Waals surface area contributed by atoms with Gasteiger partial charge in [0.05, 0.1) is 5.41 Å². The monoisotopic (exact) mass is 219 g/mol. The Bertz CT molecular complexity index is 336. The van der Waals surface area contributed by atoms with Crippen molar-refractivity contribution in [3.8, 4) is 0 Å². The summed E-state index contributed by atoms with van der Waals surface area (Å²) in [5.74, 6) is -6.38. The lowest BCUT2D eigenvalue weighted by molar-refractivity contribution is -0.141. The van der Waals surface area contributed by atoms with E-state index in [4.69, 9.17) is 5.11 Å². The number of aliphatic carboxylic acids is 1. The Morgan fingerprint density at radius 3 is 2.27 bits per heavy atom. The van der Waals surface area contributed by atoms with Gasteiger partial charge in [-0.05, 0) is 12.8 Å². The van der Waals surface area contributed by atoms with Crippen LogP contribution in [0.25, 0.3) is 0 Å². The molecule has 0 heterocycles. The number of alkyl halides is 2. The number of carboxylic acids is 1. The molecule has 2 rings (SSSR count). The summed E-state index contributed by atoms with van der Waals surface area (Å²) < 4.78 is 26.3. The maximum absolute atomic E-state index is 13.2. The smallest absolute Gasteiger partial charge is 0.313 e. The number of hydrogen-bond donors (Lipinski definition) is 2. The lowest BCUT2D eigenvalue weighted by atomic mass is 9.74. The van der Waals surface area contributed by atoms with Gasteiger partial charge >= 0.3 is 5.97 Å². The van der Waals surface area contributed by atoms with Crippen molar-refractivity contribution in [2.45, 2.75) is 31.7 Å². The van der Waals surface area contributed by atoms with Gasteiger partial charge < -0.3 is 10.4 Å². The van der Waals surface area contributed by atoms with Crippen LogP contribution in [0.15, 0.2) is 0 Å². The summed E-state index contributed by atoms with van der Waals surface area (Å²) in [7, 11) is 0. The third-order valence-electron chi connectivity index (χ3n) is 3.37. The Hall–Kier alpha value is -1.20. The molecule has 0 radical (unpaired) electrons. The summed E-state index contributed by atoms with van der Waals surface area (Å²) in [6.07, 6.45) is 0.132. The molecular formula is C9H11F2NO3. The zero-order valence-electron chi connectivity index (χ0n) is 8.09. The normalized spacial score (nSPS) is 40.7. The fraction of sp³-hybridized carbons (Fsp3) is 0.778. The minimum absolute atomic E-state index is 0.0660. The number of carbonyl (C=O) groups is 2. The van der Waals surface area contributed by atoms with Crippen LogP contribution in [0.3, 0.4) is 0 Å². The zero-order valence-corrected chi connectivity index (χ0v) is 8.09. The molecule has 1 amide bonds. The van der Waals surface area contributed by atoms with Crippen LogP contribution in [0, 0.1) is 11.3 Å². The molecule has 2 saturated carbocycles. The number of carbonyl (C=O) groups excluding carboxylic acids is 1. The van der Waals surface area contributed by atoms with Gasteiger partial charge in [-0.25, -0.2) is 8.78 Å². The van der Waals surface area contributed by atoms with E-state index in [2.05, 4.69) is 5.32 Å². The predicted octanol–water partition coefficient (Wildman–Crippen LogP) is 0.621. The molecule has 0 aromatic rings. The van der Waals surface area contributed by atoms with Crippen LogP contribution in [0.4, 0.5) is 8.78 Å². The van der Waals surface area contributed by atoms with Crippen molar-refractivity contribution in [2.24, 2.45) is 11.3 Å². The van der Waals surface area contributed by atoms with Crippen LogP contribution < -0.4 is 5.32 Å². The summed E-state index contributed by atoms with van der Waals surface area (Å²) in [4.78, 5) is 21.2. The second kappa shape index (κ2) is 2.68. The van der Waals surface area contributed by atoms with Gasteiger partial charge in [-0.15, -0.1) is 0 Å². The molecule has 2 fully saturated rings. The molecule has 0 aliphatic heterocycles. The van der Waals surface area contributed by atoms with E-state index in [1.807, 2.05) is 0 Å². The highest BCUT2D eigenvalue weighted by Gasteiger charge is 2.87. The molecule has 2 N–H and O–H groups in total. The molecule has 2 aliphatic rings. The Kier molecular flexibility index (Phi) is 1.84. The fourth-order valence-corrected chi connectivity index (χ4v) is 2.62. The number of hydrogen-bond acceptors (Lipinski definition) is 2. The van der Waals surface area contributed by atoms with E-state index in [1.165, 1.54) is 6.92 Å². The molecule has 2 aliphatic carbocycles. The summed E-state index contributed by atoms with van der Waals surface area (Å²) in [6.45, 7) is 1.31. The summed E-state index contributed by atoms with van der Waals surface area (Å²) in [6, 6.07) is -0.294. The molecule has 15 heavy (non-hydrogen) atoms. The summed E-state index contributed by atoms with van der Waals surface area (Å²) in [5, 5.41) is 11.1. The molecule has 1 atom stereocenters. The number of nitrogens with one attached hydrogen (secondary N) is 1. The number of rotatable bonds is 2.